The lowest BCUT2D eigenvalue weighted by Gasteiger charge is -2.12. The molecule has 4 N–H and O–H groups in total. The van der Waals surface area contributed by atoms with Gasteiger partial charge in [0.1, 0.15) is 5.82 Å². The Bertz CT molecular complexity index is 438. The highest BCUT2D eigenvalue weighted by atomic mass is 19.4. The minimum Gasteiger partial charge on any atom is -0.387 e. The highest BCUT2D eigenvalue weighted by Gasteiger charge is 2.33. The molecule has 0 aliphatic heterocycles. The first kappa shape index (κ1) is 12.1. The van der Waals surface area contributed by atoms with E-state index in [1.807, 2.05) is 0 Å². The van der Waals surface area contributed by atoms with E-state index in [-0.39, 0.29) is 23.5 Å². The molecular formula is C8H7F3N4O. The highest BCUT2D eigenvalue weighted by molar-refractivity contribution is 5.50. The normalized spacial score (nSPS) is 10.9. The van der Waals surface area contributed by atoms with Gasteiger partial charge >= 0.3 is 6.36 Å². The first-order valence-electron chi connectivity index (χ1n) is 4.02. The van der Waals surface area contributed by atoms with Crippen LogP contribution in [0.4, 0.5) is 19.0 Å². The molecule has 1 aromatic heterocycles. The van der Waals surface area contributed by atoms with Gasteiger partial charge in [-0.1, -0.05) is 0 Å². The van der Waals surface area contributed by atoms with Crippen molar-refractivity contribution in [1.29, 1.82) is 5.26 Å². The minimum absolute atomic E-state index is 0.0887. The van der Waals surface area contributed by atoms with Gasteiger partial charge in [0, 0.05) is 12.1 Å². The van der Waals surface area contributed by atoms with E-state index in [1.54, 1.807) is 6.07 Å². The monoisotopic (exact) mass is 232 g/mol. The molecular weight excluding hydrogens is 225 g/mol. The third-order valence-electron chi connectivity index (χ3n) is 1.64. The third kappa shape index (κ3) is 2.74. The number of ether oxygens (including phenoxy) is 1. The Balaban J connectivity index is 3.27. The van der Waals surface area contributed by atoms with Crippen molar-refractivity contribution in [3.05, 3.63) is 17.2 Å². The number of aromatic nitrogens is 1. The van der Waals surface area contributed by atoms with Crippen LogP contribution in [-0.2, 0) is 6.54 Å². The van der Waals surface area contributed by atoms with Gasteiger partial charge in [0.15, 0.2) is 0 Å². The van der Waals surface area contributed by atoms with Gasteiger partial charge in [0.25, 0.3) is 0 Å². The van der Waals surface area contributed by atoms with Crippen LogP contribution in [0.25, 0.3) is 0 Å². The van der Waals surface area contributed by atoms with Crippen molar-refractivity contribution < 1.29 is 17.9 Å². The molecule has 1 aromatic rings. The van der Waals surface area contributed by atoms with Crippen molar-refractivity contribution in [3.63, 3.8) is 0 Å². The number of rotatable bonds is 2. The molecule has 0 aromatic carbocycles. The number of nitrogen functional groups attached to an aromatic ring is 1. The SMILES string of the molecule is N#Cc1cc(N)nc(OC(F)(F)F)c1CN. The smallest absolute Gasteiger partial charge is 0.387 e. The van der Waals surface area contributed by atoms with Crippen molar-refractivity contribution in [1.82, 2.24) is 4.98 Å². The van der Waals surface area contributed by atoms with Crippen molar-refractivity contribution in [2.24, 2.45) is 5.73 Å². The summed E-state index contributed by atoms with van der Waals surface area (Å²) in [5.74, 6) is -1.03. The van der Waals surface area contributed by atoms with Crippen LogP contribution in [0.15, 0.2) is 6.07 Å². The van der Waals surface area contributed by atoms with Crippen LogP contribution in [0.1, 0.15) is 11.1 Å². The molecule has 1 rings (SSSR count). The predicted octanol–water partition coefficient (Wildman–Crippen LogP) is 0.893. The van der Waals surface area contributed by atoms with Gasteiger partial charge in [-0.2, -0.15) is 10.2 Å². The summed E-state index contributed by atoms with van der Waals surface area (Å²) in [6.07, 6.45) is -4.91. The second kappa shape index (κ2) is 4.24. The summed E-state index contributed by atoms with van der Waals surface area (Å²) in [6.45, 7) is -0.304. The molecule has 0 aliphatic rings. The number of alkyl halides is 3. The van der Waals surface area contributed by atoms with Gasteiger partial charge in [-0.3, -0.25) is 0 Å². The lowest BCUT2D eigenvalue weighted by atomic mass is 10.1. The van der Waals surface area contributed by atoms with Gasteiger partial charge in [0.2, 0.25) is 5.88 Å². The molecule has 0 spiro atoms. The standard InChI is InChI=1S/C8H7F3N4O/c9-8(10,11)16-7-5(3-13)4(2-12)1-6(14)15-7/h1H,3,13H2,(H2,14,15). The fourth-order valence-electron chi connectivity index (χ4n) is 1.06. The number of halogens is 3. The number of nitrogens with two attached hydrogens (primary N) is 2. The molecule has 0 radical (unpaired) electrons. The number of pyridine rings is 1. The predicted molar refractivity (Wildman–Crippen MR) is 47.9 cm³/mol. The first-order valence-corrected chi connectivity index (χ1v) is 4.02. The Hall–Kier alpha value is -2.01. The first-order chi connectivity index (χ1) is 7.37. The van der Waals surface area contributed by atoms with Crippen LogP contribution in [0.2, 0.25) is 0 Å². The maximum atomic E-state index is 12.0. The largest absolute Gasteiger partial charge is 0.574 e. The molecule has 16 heavy (non-hydrogen) atoms. The molecule has 0 fully saturated rings. The Labute approximate surface area is 88.4 Å². The number of nitriles is 1. The van der Waals surface area contributed by atoms with Gasteiger partial charge in [0.05, 0.1) is 11.6 Å². The van der Waals surface area contributed by atoms with Crippen LogP contribution in [0.3, 0.4) is 0 Å². The molecule has 0 amide bonds. The van der Waals surface area contributed by atoms with Crippen molar-refractivity contribution in [2.45, 2.75) is 12.9 Å². The van der Waals surface area contributed by atoms with Crippen LogP contribution < -0.4 is 16.2 Å². The second-order valence-electron chi connectivity index (χ2n) is 2.74. The van der Waals surface area contributed by atoms with E-state index >= 15 is 0 Å². The van der Waals surface area contributed by atoms with Crippen molar-refractivity contribution >= 4 is 5.82 Å². The fraction of sp³-hybridized carbons (Fsp3) is 0.250. The maximum absolute atomic E-state index is 12.0. The molecule has 1 heterocycles. The highest BCUT2D eigenvalue weighted by Crippen LogP contribution is 2.27. The van der Waals surface area contributed by atoms with Gasteiger partial charge in [-0.25, -0.2) is 0 Å². The average Bonchev–Trinajstić information content (AvgIpc) is 2.14. The molecule has 0 saturated heterocycles. The Morgan fingerprint density at radius 3 is 2.56 bits per heavy atom. The number of hydrogen-bond acceptors (Lipinski definition) is 5. The summed E-state index contributed by atoms with van der Waals surface area (Å²) in [6, 6.07) is 2.80. The van der Waals surface area contributed by atoms with Gasteiger partial charge in [-0.15, -0.1) is 13.2 Å². The van der Waals surface area contributed by atoms with E-state index in [1.165, 1.54) is 0 Å². The molecule has 0 unspecified atom stereocenters. The van der Waals surface area contributed by atoms with Crippen LogP contribution >= 0.6 is 0 Å². The van der Waals surface area contributed by atoms with E-state index in [2.05, 4.69) is 9.72 Å². The number of anilines is 1. The van der Waals surface area contributed by atoms with E-state index in [0.717, 1.165) is 6.07 Å². The quantitative estimate of drug-likeness (QED) is 0.789. The fourth-order valence-corrected chi connectivity index (χ4v) is 1.06. The van der Waals surface area contributed by atoms with Gasteiger partial charge < -0.3 is 16.2 Å². The Morgan fingerprint density at radius 1 is 1.50 bits per heavy atom. The topological polar surface area (TPSA) is 98.0 Å². The van der Waals surface area contributed by atoms with Crippen molar-refractivity contribution in [2.75, 3.05) is 5.73 Å². The number of hydrogen-bond donors (Lipinski definition) is 2. The molecule has 5 nitrogen and oxygen atoms in total. The van der Waals surface area contributed by atoms with Crippen LogP contribution in [0.5, 0.6) is 5.88 Å². The van der Waals surface area contributed by atoms with E-state index in [4.69, 9.17) is 16.7 Å². The van der Waals surface area contributed by atoms with Crippen molar-refractivity contribution in [3.8, 4) is 11.9 Å². The molecule has 86 valence electrons. The minimum atomic E-state index is -4.91. The lowest BCUT2D eigenvalue weighted by Crippen LogP contribution is -2.20. The summed E-state index contributed by atoms with van der Waals surface area (Å²) < 4.78 is 39.6. The number of nitrogens with zero attached hydrogens (tertiary/aromatic N) is 2. The molecule has 8 heteroatoms. The Morgan fingerprint density at radius 2 is 2.12 bits per heavy atom. The summed E-state index contributed by atoms with van der Waals surface area (Å²) >= 11 is 0. The van der Waals surface area contributed by atoms with Crippen LogP contribution in [-0.4, -0.2) is 11.3 Å². The zero-order valence-electron chi connectivity index (χ0n) is 7.88. The van der Waals surface area contributed by atoms with E-state index in [9.17, 15) is 13.2 Å². The molecule has 0 saturated carbocycles. The summed E-state index contributed by atoms with van der Waals surface area (Å²) in [7, 11) is 0. The Kier molecular flexibility index (Phi) is 3.20. The zero-order chi connectivity index (χ0) is 12.3. The molecule has 0 aliphatic carbocycles. The van der Waals surface area contributed by atoms with E-state index in [0.29, 0.717) is 0 Å². The second-order valence-corrected chi connectivity index (χ2v) is 2.74. The van der Waals surface area contributed by atoms with E-state index < -0.39 is 12.2 Å². The summed E-state index contributed by atoms with van der Waals surface area (Å²) in [5.41, 5.74) is 10.2. The third-order valence-corrected chi connectivity index (χ3v) is 1.64. The zero-order valence-corrected chi connectivity index (χ0v) is 7.88. The molecule has 0 atom stereocenters. The van der Waals surface area contributed by atoms with Crippen LogP contribution in [0, 0.1) is 11.3 Å². The summed E-state index contributed by atoms with van der Waals surface area (Å²) in [4.78, 5) is 3.34. The lowest BCUT2D eigenvalue weighted by molar-refractivity contribution is -0.276. The average molecular weight is 232 g/mol. The molecule has 0 bridgehead atoms. The maximum Gasteiger partial charge on any atom is 0.574 e. The summed E-state index contributed by atoms with van der Waals surface area (Å²) in [5, 5.41) is 8.67. The van der Waals surface area contributed by atoms with Gasteiger partial charge in [-0.05, 0) is 6.07 Å².